The normalized spacial score (nSPS) is 16.3. The van der Waals surface area contributed by atoms with Crippen LogP contribution >= 0.6 is 0 Å². The summed E-state index contributed by atoms with van der Waals surface area (Å²) in [6, 6.07) is 13.8. The summed E-state index contributed by atoms with van der Waals surface area (Å²) < 4.78 is 13.6. The average molecular weight is 369 g/mol. The minimum atomic E-state index is -0.431. The maximum Gasteiger partial charge on any atom is 0.317 e. The average Bonchev–Trinajstić information content (AvgIpc) is 3.12. The third-order valence-corrected chi connectivity index (χ3v) is 4.94. The molecule has 0 saturated carbocycles. The summed E-state index contributed by atoms with van der Waals surface area (Å²) in [5.41, 5.74) is 7.49. The Bertz CT molecular complexity index is 825. The number of rotatable bonds is 6. The lowest BCUT2D eigenvalue weighted by Crippen LogP contribution is -2.39. The topological polar surface area (TPSA) is 75.4 Å². The third kappa shape index (κ3) is 5.06. The van der Waals surface area contributed by atoms with Crippen LogP contribution in [-0.2, 0) is 12.8 Å². The van der Waals surface area contributed by atoms with Crippen molar-refractivity contribution in [2.75, 3.05) is 19.6 Å². The summed E-state index contributed by atoms with van der Waals surface area (Å²) in [5, 5.41) is 2.87. The molecule has 1 aliphatic rings. The number of primary amides is 1. The van der Waals surface area contributed by atoms with Crippen molar-refractivity contribution in [1.82, 2.24) is 10.2 Å². The molecule has 2 aromatic carbocycles. The van der Waals surface area contributed by atoms with Crippen molar-refractivity contribution in [1.29, 1.82) is 0 Å². The van der Waals surface area contributed by atoms with E-state index in [0.717, 1.165) is 18.4 Å². The molecule has 27 heavy (non-hydrogen) atoms. The monoisotopic (exact) mass is 369 g/mol. The molecule has 142 valence electrons. The van der Waals surface area contributed by atoms with Gasteiger partial charge in [-0.2, -0.15) is 0 Å². The van der Waals surface area contributed by atoms with E-state index in [1.807, 2.05) is 18.2 Å². The SMILES string of the molecule is NC(=O)c1cccc(CC2CCN(C(=O)NCCc3ccccc3F)C2)c1. The maximum absolute atomic E-state index is 13.6. The van der Waals surface area contributed by atoms with E-state index in [-0.39, 0.29) is 11.8 Å². The van der Waals surface area contributed by atoms with E-state index in [9.17, 15) is 14.0 Å². The predicted octanol–water partition coefficient (Wildman–Crippen LogP) is 2.74. The van der Waals surface area contributed by atoms with Crippen LogP contribution in [0.4, 0.5) is 9.18 Å². The van der Waals surface area contributed by atoms with Crippen LogP contribution in [-0.4, -0.2) is 36.5 Å². The zero-order valence-electron chi connectivity index (χ0n) is 15.2. The van der Waals surface area contributed by atoms with Gasteiger partial charge in [0.2, 0.25) is 5.91 Å². The Kier molecular flexibility index (Phi) is 6.06. The molecule has 3 N–H and O–H groups in total. The minimum absolute atomic E-state index is 0.111. The Morgan fingerprint density at radius 3 is 2.78 bits per heavy atom. The lowest BCUT2D eigenvalue weighted by atomic mass is 9.97. The van der Waals surface area contributed by atoms with Crippen LogP contribution in [0.2, 0.25) is 0 Å². The smallest absolute Gasteiger partial charge is 0.317 e. The Hall–Kier alpha value is -2.89. The molecule has 3 amide bonds. The minimum Gasteiger partial charge on any atom is -0.366 e. The summed E-state index contributed by atoms with van der Waals surface area (Å²) in [6.45, 7) is 1.78. The highest BCUT2D eigenvalue weighted by Gasteiger charge is 2.26. The van der Waals surface area contributed by atoms with Crippen molar-refractivity contribution >= 4 is 11.9 Å². The number of carbonyl (C=O) groups is 2. The largest absolute Gasteiger partial charge is 0.366 e. The van der Waals surface area contributed by atoms with Gasteiger partial charge in [-0.15, -0.1) is 0 Å². The number of nitrogens with two attached hydrogens (primary N) is 1. The van der Waals surface area contributed by atoms with Crippen LogP contribution in [0.3, 0.4) is 0 Å². The van der Waals surface area contributed by atoms with Crippen LogP contribution in [0.25, 0.3) is 0 Å². The number of urea groups is 1. The van der Waals surface area contributed by atoms with Crippen LogP contribution in [0, 0.1) is 11.7 Å². The molecule has 2 aromatic rings. The molecule has 6 heteroatoms. The molecule has 0 aromatic heterocycles. The number of nitrogens with zero attached hydrogens (tertiary/aromatic N) is 1. The van der Waals surface area contributed by atoms with E-state index < -0.39 is 5.91 Å². The molecule has 3 rings (SSSR count). The maximum atomic E-state index is 13.6. The Morgan fingerprint density at radius 1 is 1.19 bits per heavy atom. The molecular weight excluding hydrogens is 345 g/mol. The molecular formula is C21H24FN3O2. The lowest BCUT2D eigenvalue weighted by Gasteiger charge is -2.17. The number of hydrogen-bond donors (Lipinski definition) is 2. The van der Waals surface area contributed by atoms with Gasteiger partial charge >= 0.3 is 6.03 Å². The quantitative estimate of drug-likeness (QED) is 0.822. The second-order valence-electron chi connectivity index (χ2n) is 6.94. The summed E-state index contributed by atoms with van der Waals surface area (Å²) in [6.07, 6.45) is 2.19. The summed E-state index contributed by atoms with van der Waals surface area (Å²) in [5.74, 6) is -0.323. The van der Waals surface area contributed by atoms with Gasteiger partial charge in [-0.05, 0) is 54.5 Å². The van der Waals surface area contributed by atoms with E-state index >= 15 is 0 Å². The number of benzene rings is 2. The number of hydrogen-bond acceptors (Lipinski definition) is 2. The van der Waals surface area contributed by atoms with Gasteiger partial charge in [0.15, 0.2) is 0 Å². The predicted molar refractivity (Wildman–Crippen MR) is 102 cm³/mol. The first kappa shape index (κ1) is 18.9. The Morgan fingerprint density at radius 2 is 2.00 bits per heavy atom. The van der Waals surface area contributed by atoms with E-state index in [1.165, 1.54) is 6.07 Å². The molecule has 1 fully saturated rings. The van der Waals surface area contributed by atoms with Gasteiger partial charge in [0.05, 0.1) is 0 Å². The van der Waals surface area contributed by atoms with E-state index in [1.54, 1.807) is 29.2 Å². The molecule has 0 bridgehead atoms. The zero-order chi connectivity index (χ0) is 19.2. The molecule has 0 radical (unpaired) electrons. The van der Waals surface area contributed by atoms with Gasteiger partial charge in [-0.25, -0.2) is 9.18 Å². The summed E-state index contributed by atoms with van der Waals surface area (Å²) >= 11 is 0. The highest BCUT2D eigenvalue weighted by atomic mass is 19.1. The summed E-state index contributed by atoms with van der Waals surface area (Å²) in [7, 11) is 0. The van der Waals surface area contributed by atoms with E-state index in [0.29, 0.717) is 43.1 Å². The molecule has 1 aliphatic heterocycles. The van der Waals surface area contributed by atoms with Crippen LogP contribution in [0.5, 0.6) is 0 Å². The van der Waals surface area contributed by atoms with Crippen molar-refractivity contribution in [2.24, 2.45) is 11.7 Å². The van der Waals surface area contributed by atoms with Gasteiger partial charge < -0.3 is 16.0 Å². The first-order valence-electron chi connectivity index (χ1n) is 9.18. The van der Waals surface area contributed by atoms with Crippen LogP contribution < -0.4 is 11.1 Å². The van der Waals surface area contributed by atoms with Crippen molar-refractivity contribution in [3.63, 3.8) is 0 Å². The Balaban J connectivity index is 1.46. The van der Waals surface area contributed by atoms with Crippen molar-refractivity contribution in [2.45, 2.75) is 19.3 Å². The molecule has 0 aliphatic carbocycles. The fourth-order valence-corrected chi connectivity index (χ4v) is 3.49. The highest BCUT2D eigenvalue weighted by Crippen LogP contribution is 2.21. The number of carbonyl (C=O) groups excluding carboxylic acids is 2. The first-order valence-corrected chi connectivity index (χ1v) is 9.18. The number of nitrogens with one attached hydrogen (secondary N) is 1. The van der Waals surface area contributed by atoms with Gasteiger partial charge in [-0.1, -0.05) is 30.3 Å². The molecule has 0 spiro atoms. The second-order valence-corrected chi connectivity index (χ2v) is 6.94. The number of likely N-dealkylation sites (tertiary alicyclic amines) is 1. The Labute approximate surface area is 158 Å². The van der Waals surface area contributed by atoms with Crippen molar-refractivity contribution < 1.29 is 14.0 Å². The molecule has 1 atom stereocenters. The van der Waals surface area contributed by atoms with Gasteiger partial charge in [0, 0.05) is 25.2 Å². The standard InChI is InChI=1S/C21H24FN3O2/c22-19-7-2-1-5-17(19)8-10-24-21(27)25-11-9-16(14-25)12-15-4-3-6-18(13-15)20(23)26/h1-7,13,16H,8-12,14H2,(H2,23,26)(H,24,27). The second kappa shape index (κ2) is 8.66. The fraction of sp³-hybridized carbons (Fsp3) is 0.333. The molecule has 1 unspecified atom stereocenters. The van der Waals surface area contributed by atoms with Crippen LogP contribution in [0.1, 0.15) is 27.9 Å². The molecule has 5 nitrogen and oxygen atoms in total. The number of amides is 3. The zero-order valence-corrected chi connectivity index (χ0v) is 15.2. The summed E-state index contributed by atoms with van der Waals surface area (Å²) in [4.78, 5) is 25.4. The van der Waals surface area contributed by atoms with Gasteiger partial charge in [0.1, 0.15) is 5.82 Å². The lowest BCUT2D eigenvalue weighted by molar-refractivity contribution is 0.1000. The van der Waals surface area contributed by atoms with Crippen LogP contribution in [0.15, 0.2) is 48.5 Å². The molecule has 1 saturated heterocycles. The first-order chi connectivity index (χ1) is 13.0. The van der Waals surface area contributed by atoms with E-state index in [2.05, 4.69) is 5.32 Å². The van der Waals surface area contributed by atoms with Gasteiger partial charge in [0.25, 0.3) is 0 Å². The highest BCUT2D eigenvalue weighted by molar-refractivity contribution is 5.92. The third-order valence-electron chi connectivity index (χ3n) is 4.94. The fourth-order valence-electron chi connectivity index (χ4n) is 3.49. The van der Waals surface area contributed by atoms with Crippen molar-refractivity contribution in [3.05, 3.63) is 71.0 Å². The molecule has 1 heterocycles. The van der Waals surface area contributed by atoms with Crippen molar-refractivity contribution in [3.8, 4) is 0 Å². The number of halogens is 1. The van der Waals surface area contributed by atoms with E-state index in [4.69, 9.17) is 5.73 Å². The van der Waals surface area contributed by atoms with Gasteiger partial charge in [-0.3, -0.25) is 4.79 Å².